The number of hydrogen-bond acceptors (Lipinski definition) is 9. The van der Waals surface area contributed by atoms with E-state index in [2.05, 4.69) is 31.2 Å². The number of aromatic amines is 1. The Morgan fingerprint density at radius 3 is 2.00 bits per heavy atom. The maximum atomic E-state index is 13.1. The molecule has 0 fully saturated rings. The van der Waals surface area contributed by atoms with Crippen LogP contribution in [0.2, 0.25) is 0 Å². The van der Waals surface area contributed by atoms with Crippen LogP contribution in [0.4, 0.5) is 0 Å². The van der Waals surface area contributed by atoms with Crippen molar-refractivity contribution in [1.82, 2.24) is 31.2 Å². The number of carboxylic acids is 1. The van der Waals surface area contributed by atoms with Gasteiger partial charge in [-0.2, -0.15) is 0 Å². The maximum absolute atomic E-state index is 13.1. The molecule has 0 bridgehead atoms. The van der Waals surface area contributed by atoms with Crippen LogP contribution < -0.4 is 38.5 Å². The number of imidazole rings is 1. The second-order valence-corrected chi connectivity index (χ2v) is 8.97. The van der Waals surface area contributed by atoms with E-state index in [0.717, 1.165) is 0 Å². The Balaban J connectivity index is 3.05. The number of carboxylic acid groups (broad SMARTS) is 1. The molecule has 0 aliphatic carbocycles. The largest absolute Gasteiger partial charge is 0.480 e. The molecule has 1 rings (SSSR count). The summed E-state index contributed by atoms with van der Waals surface area (Å²) in [5.41, 5.74) is 16.0. The van der Waals surface area contributed by atoms with E-state index in [1.165, 1.54) is 12.5 Å². The Hall–Kier alpha value is -4.54. The maximum Gasteiger partial charge on any atom is 0.326 e. The summed E-state index contributed by atoms with van der Waals surface area (Å²) in [6, 6.07) is -5.51. The van der Waals surface area contributed by atoms with Gasteiger partial charge in [0.25, 0.3) is 0 Å². The van der Waals surface area contributed by atoms with Gasteiger partial charge in [0.15, 0.2) is 0 Å². The molecule has 17 nitrogen and oxygen atoms in total. The molecule has 0 unspecified atom stereocenters. The summed E-state index contributed by atoms with van der Waals surface area (Å²) >= 11 is 0. The lowest BCUT2D eigenvalue weighted by molar-refractivity contribution is -0.142. The number of amides is 6. The van der Waals surface area contributed by atoms with Crippen molar-refractivity contribution in [3.05, 3.63) is 18.2 Å². The lowest BCUT2D eigenvalue weighted by Crippen LogP contribution is -2.59. The van der Waals surface area contributed by atoms with E-state index < -0.39 is 84.5 Å². The van der Waals surface area contributed by atoms with Gasteiger partial charge in [0.05, 0.1) is 19.3 Å². The Bertz CT molecular complexity index is 1040. The predicted molar refractivity (Wildman–Crippen MR) is 134 cm³/mol. The van der Waals surface area contributed by atoms with Gasteiger partial charge in [0.2, 0.25) is 35.4 Å². The van der Waals surface area contributed by atoms with Gasteiger partial charge in [-0.3, -0.25) is 28.8 Å². The Kier molecular flexibility index (Phi) is 13.0. The number of hydrogen-bond donors (Lipinski definition) is 9. The highest BCUT2D eigenvalue weighted by Gasteiger charge is 2.33. The number of carbonyl (C=O) groups excluding carboxylic acids is 6. The molecule has 6 amide bonds. The van der Waals surface area contributed by atoms with E-state index in [-0.39, 0.29) is 19.3 Å². The third-order valence-electron chi connectivity index (χ3n) is 5.40. The molecule has 0 saturated heterocycles. The summed E-state index contributed by atoms with van der Waals surface area (Å²) in [6.45, 7) is 2.70. The Morgan fingerprint density at radius 2 is 1.51 bits per heavy atom. The van der Waals surface area contributed by atoms with E-state index in [1.54, 1.807) is 13.8 Å². The molecule has 4 atom stereocenters. The van der Waals surface area contributed by atoms with E-state index in [4.69, 9.17) is 17.2 Å². The standard InChI is InChI=1S/C22H35N9O8/c1-10(2)18(21(37)30-14(22(38)39)5-11-8-26-9-27-11)31-20(36)13(6-16(25)33)29-19(35)12(3-4-15(24)32)28-17(34)7-23/h8-10,12-14,18H,3-7,23H2,1-2H3,(H2,24,32)(H2,25,33)(H,26,27)(H,28,34)(H,29,35)(H,30,37)(H,31,36)(H,38,39)/t12-,13-,14-,18-/m0/s1. The third-order valence-corrected chi connectivity index (χ3v) is 5.40. The van der Waals surface area contributed by atoms with Crippen LogP contribution in [0.1, 0.15) is 38.8 Å². The number of rotatable bonds is 17. The van der Waals surface area contributed by atoms with Crippen LogP contribution in [-0.2, 0) is 40.0 Å². The predicted octanol–water partition coefficient (Wildman–Crippen LogP) is -4.27. The summed E-state index contributed by atoms with van der Waals surface area (Å²) < 4.78 is 0. The molecule has 1 aromatic rings. The molecule has 12 N–H and O–H groups in total. The van der Waals surface area contributed by atoms with Crippen molar-refractivity contribution < 1.29 is 38.7 Å². The van der Waals surface area contributed by atoms with E-state index >= 15 is 0 Å². The van der Waals surface area contributed by atoms with Gasteiger partial charge >= 0.3 is 5.97 Å². The summed E-state index contributed by atoms with van der Waals surface area (Å²) in [4.78, 5) is 91.5. The second kappa shape index (κ2) is 15.7. The highest BCUT2D eigenvalue weighted by molar-refractivity contribution is 5.97. The minimum atomic E-state index is -1.57. The number of H-pyrrole nitrogens is 1. The van der Waals surface area contributed by atoms with Crippen LogP contribution in [0.3, 0.4) is 0 Å². The monoisotopic (exact) mass is 553 g/mol. The van der Waals surface area contributed by atoms with Gasteiger partial charge in [-0.25, -0.2) is 9.78 Å². The lowest BCUT2D eigenvalue weighted by Gasteiger charge is -2.27. The first kappa shape index (κ1) is 32.5. The number of aromatic nitrogens is 2. The highest BCUT2D eigenvalue weighted by Crippen LogP contribution is 2.07. The van der Waals surface area contributed by atoms with Gasteiger partial charge in [-0.1, -0.05) is 13.8 Å². The van der Waals surface area contributed by atoms with E-state index in [0.29, 0.717) is 5.69 Å². The molecule has 39 heavy (non-hydrogen) atoms. The minimum absolute atomic E-state index is 0.110. The van der Waals surface area contributed by atoms with Crippen LogP contribution in [0, 0.1) is 5.92 Å². The summed E-state index contributed by atoms with van der Waals surface area (Å²) in [5.74, 6) is -7.06. The first-order valence-corrected chi connectivity index (χ1v) is 11.9. The van der Waals surface area contributed by atoms with Crippen molar-refractivity contribution in [2.75, 3.05) is 6.54 Å². The van der Waals surface area contributed by atoms with Crippen molar-refractivity contribution in [3.63, 3.8) is 0 Å². The van der Waals surface area contributed by atoms with E-state index in [9.17, 15) is 38.7 Å². The zero-order chi connectivity index (χ0) is 29.7. The van der Waals surface area contributed by atoms with Crippen LogP contribution in [0.15, 0.2) is 12.5 Å². The summed E-state index contributed by atoms with van der Waals surface area (Å²) in [5, 5.41) is 18.8. The van der Waals surface area contributed by atoms with E-state index in [1.807, 2.05) is 0 Å². The van der Waals surface area contributed by atoms with Gasteiger partial charge in [0, 0.05) is 24.7 Å². The van der Waals surface area contributed by atoms with Crippen molar-refractivity contribution in [1.29, 1.82) is 0 Å². The average molecular weight is 554 g/mol. The molecule has 1 heterocycles. The minimum Gasteiger partial charge on any atom is -0.480 e. The average Bonchev–Trinajstić information content (AvgIpc) is 3.36. The zero-order valence-electron chi connectivity index (χ0n) is 21.6. The van der Waals surface area contributed by atoms with Crippen molar-refractivity contribution >= 4 is 41.4 Å². The highest BCUT2D eigenvalue weighted by atomic mass is 16.4. The van der Waals surface area contributed by atoms with Crippen molar-refractivity contribution in [3.8, 4) is 0 Å². The molecule has 1 aromatic heterocycles. The molecule has 0 aliphatic heterocycles. The Labute approximate surface area is 223 Å². The van der Waals surface area contributed by atoms with Gasteiger partial charge in [0.1, 0.15) is 24.2 Å². The first-order valence-electron chi connectivity index (χ1n) is 11.9. The zero-order valence-corrected chi connectivity index (χ0v) is 21.6. The number of carbonyl (C=O) groups is 7. The van der Waals surface area contributed by atoms with Crippen LogP contribution in [-0.4, -0.2) is 87.2 Å². The lowest BCUT2D eigenvalue weighted by atomic mass is 10.0. The molecule has 0 aromatic carbocycles. The van der Waals surface area contributed by atoms with Crippen LogP contribution >= 0.6 is 0 Å². The molecule has 0 radical (unpaired) electrons. The number of primary amides is 2. The summed E-state index contributed by atoms with van der Waals surface area (Å²) in [6.07, 6.45) is 1.46. The third kappa shape index (κ3) is 11.6. The number of nitrogens with one attached hydrogen (secondary N) is 5. The SMILES string of the molecule is CC(C)[C@H](NC(=O)[C@H](CC(N)=O)NC(=O)[C@H](CCC(N)=O)NC(=O)CN)C(=O)N[C@@H](Cc1cnc[nH]1)C(=O)O. The first-order chi connectivity index (χ1) is 18.2. The second-order valence-electron chi connectivity index (χ2n) is 8.97. The number of nitrogens with zero attached hydrogens (tertiary/aromatic N) is 1. The number of aliphatic carboxylic acids is 1. The molecule has 0 spiro atoms. The summed E-state index contributed by atoms with van der Waals surface area (Å²) in [7, 11) is 0. The molecular formula is C22H35N9O8. The quantitative estimate of drug-likeness (QED) is 0.0894. The molecular weight excluding hydrogens is 518 g/mol. The molecule has 0 saturated carbocycles. The topological polar surface area (TPSA) is 295 Å². The molecule has 216 valence electrons. The molecule has 17 heteroatoms. The van der Waals surface area contributed by atoms with Gasteiger partial charge in [-0.15, -0.1) is 0 Å². The number of nitrogens with two attached hydrogens (primary N) is 3. The fourth-order valence-corrected chi connectivity index (χ4v) is 3.36. The smallest absolute Gasteiger partial charge is 0.326 e. The normalized spacial score (nSPS) is 13.8. The fourth-order valence-electron chi connectivity index (χ4n) is 3.36. The van der Waals surface area contributed by atoms with Crippen LogP contribution in [0.5, 0.6) is 0 Å². The van der Waals surface area contributed by atoms with Gasteiger partial charge in [-0.05, 0) is 12.3 Å². The van der Waals surface area contributed by atoms with Crippen molar-refractivity contribution in [2.45, 2.75) is 63.7 Å². The van der Waals surface area contributed by atoms with Crippen LogP contribution in [0.25, 0.3) is 0 Å². The van der Waals surface area contributed by atoms with Crippen molar-refractivity contribution in [2.24, 2.45) is 23.1 Å². The Morgan fingerprint density at radius 1 is 0.897 bits per heavy atom. The fraction of sp³-hybridized carbons (Fsp3) is 0.545. The molecule has 0 aliphatic rings. The van der Waals surface area contributed by atoms with Gasteiger partial charge < -0.3 is 48.6 Å².